The Morgan fingerprint density at radius 1 is 0.815 bits per heavy atom. The standard InChI is InChI=1S/C19H36O7S/c1-2-3-4-5-6-7-8-9-11-23-16-14-25-19-17(15-26-18(16)19)24-12-10-13-27(20,21)22/h16-19H,2-15H2,1H3,(H,20,21,22)/t16-,17+,18?,19?/m1/s1. The maximum atomic E-state index is 10.7. The fourth-order valence-corrected chi connectivity index (χ4v) is 4.14. The minimum Gasteiger partial charge on any atom is -0.373 e. The van der Waals surface area contributed by atoms with Crippen LogP contribution in [0.2, 0.25) is 0 Å². The van der Waals surface area contributed by atoms with Gasteiger partial charge < -0.3 is 18.9 Å². The van der Waals surface area contributed by atoms with Gasteiger partial charge in [-0.1, -0.05) is 51.9 Å². The van der Waals surface area contributed by atoms with Crippen LogP contribution in [0.5, 0.6) is 0 Å². The quantitative estimate of drug-likeness (QED) is 0.329. The largest absolute Gasteiger partial charge is 0.373 e. The SMILES string of the molecule is CCCCCCCCCCO[C@@H]1COC2C1OC[C@@H]2OCCCS(=O)(=O)O. The van der Waals surface area contributed by atoms with Gasteiger partial charge in [0.05, 0.1) is 19.0 Å². The maximum absolute atomic E-state index is 10.7. The second kappa shape index (κ2) is 12.3. The molecule has 2 heterocycles. The molecule has 1 N–H and O–H groups in total. The van der Waals surface area contributed by atoms with Crippen molar-refractivity contribution in [2.75, 3.05) is 32.2 Å². The molecule has 0 radical (unpaired) electrons. The molecule has 2 aliphatic rings. The van der Waals surface area contributed by atoms with Crippen LogP contribution in [0.15, 0.2) is 0 Å². The van der Waals surface area contributed by atoms with Crippen molar-refractivity contribution in [2.45, 2.75) is 89.1 Å². The molecule has 8 heteroatoms. The van der Waals surface area contributed by atoms with Crippen LogP contribution in [0.3, 0.4) is 0 Å². The summed E-state index contributed by atoms with van der Waals surface area (Å²) < 4.78 is 53.4. The third-order valence-corrected chi connectivity index (χ3v) is 5.98. The minimum absolute atomic E-state index is 0.0500. The lowest BCUT2D eigenvalue weighted by Gasteiger charge is -2.17. The summed E-state index contributed by atoms with van der Waals surface area (Å²) in [4.78, 5) is 0. The Bertz CT molecular complexity index is 496. The number of unbranched alkanes of at least 4 members (excludes halogenated alkanes) is 7. The Hall–Kier alpha value is -0.250. The first-order valence-corrected chi connectivity index (χ1v) is 12.0. The smallest absolute Gasteiger partial charge is 0.264 e. The van der Waals surface area contributed by atoms with Crippen molar-refractivity contribution in [3.05, 3.63) is 0 Å². The summed E-state index contributed by atoms with van der Waals surface area (Å²) in [7, 11) is -3.93. The number of ether oxygens (including phenoxy) is 4. The van der Waals surface area contributed by atoms with Gasteiger partial charge >= 0.3 is 0 Å². The molecular formula is C19H36O7S. The Morgan fingerprint density at radius 2 is 1.30 bits per heavy atom. The van der Waals surface area contributed by atoms with Crippen molar-refractivity contribution in [1.82, 2.24) is 0 Å². The molecule has 2 rings (SSSR count). The molecule has 160 valence electrons. The van der Waals surface area contributed by atoms with Crippen molar-refractivity contribution in [2.24, 2.45) is 0 Å². The van der Waals surface area contributed by atoms with Gasteiger partial charge in [0.1, 0.15) is 24.4 Å². The third-order valence-electron chi connectivity index (χ3n) is 5.17. The van der Waals surface area contributed by atoms with E-state index in [0.717, 1.165) is 13.0 Å². The highest BCUT2D eigenvalue weighted by Gasteiger charge is 2.48. The molecule has 0 aliphatic carbocycles. The molecule has 2 aliphatic heterocycles. The van der Waals surface area contributed by atoms with E-state index in [0.29, 0.717) is 13.2 Å². The number of fused-ring (bicyclic) bond motifs is 1. The zero-order valence-corrected chi connectivity index (χ0v) is 17.3. The van der Waals surface area contributed by atoms with Gasteiger partial charge in [-0.25, -0.2) is 0 Å². The molecule has 4 atom stereocenters. The van der Waals surface area contributed by atoms with Crippen LogP contribution in [0, 0.1) is 0 Å². The lowest BCUT2D eigenvalue weighted by Crippen LogP contribution is -2.34. The van der Waals surface area contributed by atoms with E-state index in [1.165, 1.54) is 44.9 Å². The second-order valence-electron chi connectivity index (χ2n) is 7.53. The number of hydrogen-bond acceptors (Lipinski definition) is 6. The van der Waals surface area contributed by atoms with Crippen LogP contribution in [0.25, 0.3) is 0 Å². The molecule has 0 aromatic carbocycles. The van der Waals surface area contributed by atoms with Crippen molar-refractivity contribution >= 4 is 10.1 Å². The van der Waals surface area contributed by atoms with Crippen molar-refractivity contribution in [3.63, 3.8) is 0 Å². The average Bonchev–Trinajstić information content (AvgIpc) is 3.19. The normalized spacial score (nSPS) is 27.9. The average molecular weight is 409 g/mol. The molecule has 0 aromatic heterocycles. The second-order valence-corrected chi connectivity index (χ2v) is 9.10. The van der Waals surface area contributed by atoms with Gasteiger partial charge in [-0.3, -0.25) is 4.55 Å². The van der Waals surface area contributed by atoms with E-state index in [1.807, 2.05) is 0 Å². The van der Waals surface area contributed by atoms with Gasteiger partial charge in [-0.15, -0.1) is 0 Å². The molecule has 2 saturated heterocycles. The van der Waals surface area contributed by atoms with E-state index >= 15 is 0 Å². The van der Waals surface area contributed by atoms with Gasteiger partial charge in [0.25, 0.3) is 10.1 Å². The lowest BCUT2D eigenvalue weighted by molar-refractivity contribution is -0.0505. The van der Waals surface area contributed by atoms with Crippen LogP contribution < -0.4 is 0 Å². The number of rotatable bonds is 15. The Kier molecular flexibility index (Phi) is 10.5. The zero-order chi connectivity index (χ0) is 19.5. The highest BCUT2D eigenvalue weighted by atomic mass is 32.2. The summed E-state index contributed by atoms with van der Waals surface area (Å²) in [6.45, 7) is 4.16. The molecular weight excluding hydrogens is 372 g/mol. The van der Waals surface area contributed by atoms with Gasteiger partial charge in [-0.05, 0) is 12.8 Å². The molecule has 0 spiro atoms. The topological polar surface area (TPSA) is 91.3 Å². The van der Waals surface area contributed by atoms with Crippen LogP contribution >= 0.6 is 0 Å². The minimum atomic E-state index is -3.93. The van der Waals surface area contributed by atoms with E-state index < -0.39 is 10.1 Å². The van der Waals surface area contributed by atoms with E-state index in [-0.39, 0.29) is 43.2 Å². The molecule has 0 saturated carbocycles. The molecule has 7 nitrogen and oxygen atoms in total. The van der Waals surface area contributed by atoms with Crippen molar-refractivity contribution in [1.29, 1.82) is 0 Å². The van der Waals surface area contributed by atoms with E-state index in [2.05, 4.69) is 6.92 Å². The van der Waals surface area contributed by atoms with Gasteiger partial charge in [0.15, 0.2) is 0 Å². The van der Waals surface area contributed by atoms with Crippen LogP contribution in [0.1, 0.15) is 64.7 Å². The molecule has 0 bridgehead atoms. The Labute approximate surface area is 163 Å². The molecule has 0 aromatic rings. The fraction of sp³-hybridized carbons (Fsp3) is 1.00. The first kappa shape index (κ1) is 23.0. The highest BCUT2D eigenvalue weighted by Crippen LogP contribution is 2.30. The van der Waals surface area contributed by atoms with Crippen LogP contribution in [-0.4, -0.2) is 69.6 Å². The molecule has 0 amide bonds. The monoisotopic (exact) mass is 408 g/mol. The van der Waals surface area contributed by atoms with E-state index in [4.69, 9.17) is 23.5 Å². The first-order chi connectivity index (χ1) is 13.0. The van der Waals surface area contributed by atoms with Gasteiger partial charge in [0, 0.05) is 13.2 Å². The summed E-state index contributed by atoms with van der Waals surface area (Å²) in [5.41, 5.74) is 0. The maximum Gasteiger partial charge on any atom is 0.264 e. The van der Waals surface area contributed by atoms with E-state index in [9.17, 15) is 8.42 Å². The van der Waals surface area contributed by atoms with E-state index in [1.54, 1.807) is 0 Å². The molecule has 2 fully saturated rings. The summed E-state index contributed by atoms with van der Waals surface area (Å²) in [5, 5.41) is 0. The Balaban J connectivity index is 1.52. The van der Waals surface area contributed by atoms with Gasteiger partial charge in [-0.2, -0.15) is 8.42 Å². The summed E-state index contributed by atoms with van der Waals surface area (Å²) in [6.07, 6.45) is 9.93. The fourth-order valence-electron chi connectivity index (χ4n) is 3.66. The zero-order valence-electron chi connectivity index (χ0n) is 16.5. The van der Waals surface area contributed by atoms with Gasteiger partial charge in [0.2, 0.25) is 0 Å². The molecule has 27 heavy (non-hydrogen) atoms. The highest BCUT2D eigenvalue weighted by molar-refractivity contribution is 7.85. The Morgan fingerprint density at radius 3 is 1.81 bits per heavy atom. The third kappa shape index (κ3) is 8.75. The molecule has 2 unspecified atom stereocenters. The van der Waals surface area contributed by atoms with Crippen LogP contribution in [0.4, 0.5) is 0 Å². The van der Waals surface area contributed by atoms with Crippen molar-refractivity contribution in [3.8, 4) is 0 Å². The summed E-state index contributed by atoms with van der Waals surface area (Å²) in [5.74, 6) is -0.292. The predicted octanol–water partition coefficient (Wildman–Crippen LogP) is 2.97. The summed E-state index contributed by atoms with van der Waals surface area (Å²) in [6, 6.07) is 0. The first-order valence-electron chi connectivity index (χ1n) is 10.4. The predicted molar refractivity (Wildman–Crippen MR) is 103 cm³/mol. The number of hydrogen-bond donors (Lipinski definition) is 1. The lowest BCUT2D eigenvalue weighted by atomic mass is 10.1. The summed E-state index contributed by atoms with van der Waals surface area (Å²) >= 11 is 0. The van der Waals surface area contributed by atoms with Crippen LogP contribution in [-0.2, 0) is 29.1 Å². The van der Waals surface area contributed by atoms with Crippen molar-refractivity contribution < 1.29 is 31.9 Å².